The molecule has 0 spiro atoms. The first kappa shape index (κ1) is 12.0. The molecule has 0 amide bonds. The number of nitrogens with zero attached hydrogens (tertiary/aromatic N) is 2. The van der Waals surface area contributed by atoms with E-state index in [9.17, 15) is 0 Å². The van der Waals surface area contributed by atoms with Gasteiger partial charge in [0.25, 0.3) is 0 Å². The van der Waals surface area contributed by atoms with Crippen molar-refractivity contribution in [3.63, 3.8) is 0 Å². The zero-order valence-electron chi connectivity index (χ0n) is 9.30. The molecule has 1 aromatic heterocycles. The fourth-order valence-corrected chi connectivity index (χ4v) is 2.01. The van der Waals surface area contributed by atoms with E-state index in [0.29, 0.717) is 0 Å². The topological polar surface area (TPSA) is 61.0 Å². The molecule has 1 aromatic carbocycles. The monoisotopic (exact) mass is 293 g/mol. The second-order valence-corrected chi connectivity index (χ2v) is 4.35. The first-order chi connectivity index (χ1) is 8.22. The molecule has 0 saturated carbocycles. The number of aromatic nitrogens is 2. The Morgan fingerprint density at radius 3 is 2.82 bits per heavy atom. The van der Waals surface area contributed by atoms with E-state index in [0.717, 1.165) is 21.5 Å². The number of methoxy groups -OCH3 is 1. The fourth-order valence-electron chi connectivity index (χ4n) is 1.52. The minimum Gasteiger partial charge on any atom is -0.497 e. The Balaban J connectivity index is 2.40. The van der Waals surface area contributed by atoms with Gasteiger partial charge in [-0.15, -0.1) is 0 Å². The van der Waals surface area contributed by atoms with Gasteiger partial charge >= 0.3 is 0 Å². The normalized spacial score (nSPS) is 12.2. The quantitative estimate of drug-likeness (QED) is 0.943. The minimum absolute atomic E-state index is 0.326. The summed E-state index contributed by atoms with van der Waals surface area (Å²) in [5.74, 6) is 0.766. The summed E-state index contributed by atoms with van der Waals surface area (Å²) in [5, 5.41) is 0. The summed E-state index contributed by atoms with van der Waals surface area (Å²) in [6, 6.07) is 5.35. The largest absolute Gasteiger partial charge is 0.497 e. The van der Waals surface area contributed by atoms with Crippen molar-refractivity contribution in [2.45, 2.75) is 6.04 Å². The number of benzene rings is 1. The minimum atomic E-state index is -0.326. The molecule has 5 heteroatoms. The summed E-state index contributed by atoms with van der Waals surface area (Å²) in [7, 11) is 1.63. The van der Waals surface area contributed by atoms with Crippen LogP contribution in [0.2, 0.25) is 0 Å². The average Bonchev–Trinajstić information content (AvgIpc) is 2.39. The second kappa shape index (κ2) is 5.25. The van der Waals surface area contributed by atoms with Crippen LogP contribution in [0.15, 0.2) is 41.3 Å². The molecule has 1 atom stereocenters. The lowest BCUT2D eigenvalue weighted by atomic mass is 10.0. The van der Waals surface area contributed by atoms with E-state index >= 15 is 0 Å². The highest BCUT2D eigenvalue weighted by Gasteiger charge is 2.14. The summed E-state index contributed by atoms with van der Waals surface area (Å²) < 4.78 is 6.11. The summed E-state index contributed by atoms with van der Waals surface area (Å²) in [4.78, 5) is 8.22. The molecule has 0 saturated heterocycles. The van der Waals surface area contributed by atoms with Crippen molar-refractivity contribution in [2.75, 3.05) is 7.11 Å². The zero-order valence-corrected chi connectivity index (χ0v) is 10.9. The van der Waals surface area contributed by atoms with Crippen molar-refractivity contribution in [1.29, 1.82) is 0 Å². The van der Waals surface area contributed by atoms with Gasteiger partial charge < -0.3 is 10.5 Å². The molecule has 17 heavy (non-hydrogen) atoms. The van der Waals surface area contributed by atoms with Crippen LogP contribution in [-0.4, -0.2) is 17.1 Å². The number of rotatable bonds is 3. The van der Waals surface area contributed by atoms with E-state index in [1.807, 2.05) is 18.2 Å². The van der Waals surface area contributed by atoms with E-state index in [1.165, 1.54) is 0 Å². The van der Waals surface area contributed by atoms with Crippen LogP contribution >= 0.6 is 15.9 Å². The summed E-state index contributed by atoms with van der Waals surface area (Å²) in [6.45, 7) is 0. The van der Waals surface area contributed by atoms with Crippen molar-refractivity contribution in [3.8, 4) is 5.75 Å². The van der Waals surface area contributed by atoms with Gasteiger partial charge in [0.05, 0.1) is 25.0 Å². The Morgan fingerprint density at radius 2 is 2.18 bits per heavy atom. The Bertz CT molecular complexity index is 504. The van der Waals surface area contributed by atoms with Crippen molar-refractivity contribution in [1.82, 2.24) is 9.97 Å². The number of ether oxygens (including phenoxy) is 1. The standard InChI is InChI=1S/C12H12BrN3O/c1-17-8-2-3-10(13)9(6-8)12(14)11-7-15-4-5-16-11/h2-7,12H,14H2,1H3. The molecular formula is C12H12BrN3O. The van der Waals surface area contributed by atoms with E-state index in [1.54, 1.807) is 25.7 Å². The number of hydrogen-bond acceptors (Lipinski definition) is 4. The van der Waals surface area contributed by atoms with E-state index < -0.39 is 0 Å². The lowest BCUT2D eigenvalue weighted by Gasteiger charge is -2.14. The Kier molecular flexibility index (Phi) is 3.71. The van der Waals surface area contributed by atoms with Crippen LogP contribution in [0.3, 0.4) is 0 Å². The molecule has 4 nitrogen and oxygen atoms in total. The lowest BCUT2D eigenvalue weighted by molar-refractivity contribution is 0.414. The van der Waals surface area contributed by atoms with Crippen LogP contribution in [0.4, 0.5) is 0 Å². The molecule has 88 valence electrons. The van der Waals surface area contributed by atoms with Gasteiger partial charge in [0.2, 0.25) is 0 Å². The van der Waals surface area contributed by atoms with Gasteiger partial charge in [-0.05, 0) is 23.8 Å². The molecule has 1 heterocycles. The molecular weight excluding hydrogens is 282 g/mol. The van der Waals surface area contributed by atoms with Crippen LogP contribution in [0.1, 0.15) is 17.3 Å². The maximum absolute atomic E-state index is 6.15. The summed E-state index contributed by atoms with van der Waals surface area (Å²) in [5.41, 5.74) is 7.80. The third-order valence-corrected chi connectivity index (χ3v) is 3.16. The summed E-state index contributed by atoms with van der Waals surface area (Å²) in [6.07, 6.45) is 4.91. The van der Waals surface area contributed by atoms with Gasteiger partial charge in [0, 0.05) is 16.9 Å². The van der Waals surface area contributed by atoms with Crippen LogP contribution in [0.25, 0.3) is 0 Å². The second-order valence-electron chi connectivity index (χ2n) is 3.50. The molecule has 1 unspecified atom stereocenters. The van der Waals surface area contributed by atoms with Crippen molar-refractivity contribution in [3.05, 3.63) is 52.5 Å². The molecule has 0 aliphatic rings. The number of hydrogen-bond donors (Lipinski definition) is 1. The first-order valence-corrected chi connectivity index (χ1v) is 5.86. The van der Waals surface area contributed by atoms with Crippen molar-refractivity contribution in [2.24, 2.45) is 5.73 Å². The van der Waals surface area contributed by atoms with E-state index in [4.69, 9.17) is 10.5 Å². The lowest BCUT2D eigenvalue weighted by Crippen LogP contribution is -2.14. The molecule has 2 N–H and O–H groups in total. The Hall–Kier alpha value is -1.46. The molecule has 0 bridgehead atoms. The maximum atomic E-state index is 6.15. The fraction of sp³-hybridized carbons (Fsp3) is 0.167. The molecule has 2 aromatic rings. The Labute approximate surface area is 108 Å². The molecule has 0 radical (unpaired) electrons. The van der Waals surface area contributed by atoms with Gasteiger partial charge in [0.15, 0.2) is 0 Å². The van der Waals surface area contributed by atoms with Gasteiger partial charge in [-0.3, -0.25) is 9.97 Å². The van der Waals surface area contributed by atoms with E-state index in [2.05, 4.69) is 25.9 Å². The van der Waals surface area contributed by atoms with E-state index in [-0.39, 0.29) is 6.04 Å². The number of nitrogens with two attached hydrogens (primary N) is 1. The predicted molar refractivity (Wildman–Crippen MR) is 68.8 cm³/mol. The van der Waals surface area contributed by atoms with Crippen molar-refractivity contribution >= 4 is 15.9 Å². The molecule has 0 aliphatic heterocycles. The third kappa shape index (κ3) is 2.62. The average molecular weight is 294 g/mol. The molecule has 2 rings (SSSR count). The van der Waals surface area contributed by atoms with Gasteiger partial charge in [0.1, 0.15) is 5.75 Å². The van der Waals surface area contributed by atoms with Gasteiger partial charge in [-0.1, -0.05) is 15.9 Å². The highest BCUT2D eigenvalue weighted by molar-refractivity contribution is 9.10. The highest BCUT2D eigenvalue weighted by Crippen LogP contribution is 2.29. The maximum Gasteiger partial charge on any atom is 0.119 e. The predicted octanol–water partition coefficient (Wildman–Crippen LogP) is 2.30. The Morgan fingerprint density at radius 1 is 1.35 bits per heavy atom. The van der Waals surface area contributed by atoms with Crippen LogP contribution < -0.4 is 10.5 Å². The smallest absolute Gasteiger partial charge is 0.119 e. The van der Waals surface area contributed by atoms with Gasteiger partial charge in [-0.2, -0.15) is 0 Å². The van der Waals surface area contributed by atoms with Crippen LogP contribution in [0, 0.1) is 0 Å². The van der Waals surface area contributed by atoms with Crippen LogP contribution in [0.5, 0.6) is 5.75 Å². The third-order valence-electron chi connectivity index (χ3n) is 2.44. The SMILES string of the molecule is COc1ccc(Br)c(C(N)c2cnccn2)c1. The summed E-state index contributed by atoms with van der Waals surface area (Å²) >= 11 is 3.47. The van der Waals surface area contributed by atoms with Gasteiger partial charge in [-0.25, -0.2) is 0 Å². The van der Waals surface area contributed by atoms with Crippen LogP contribution in [-0.2, 0) is 0 Å². The highest BCUT2D eigenvalue weighted by atomic mass is 79.9. The first-order valence-electron chi connectivity index (χ1n) is 5.07. The zero-order chi connectivity index (χ0) is 12.3. The van der Waals surface area contributed by atoms with Crippen molar-refractivity contribution < 1.29 is 4.74 Å². The molecule has 0 fully saturated rings. The number of halogens is 1. The molecule has 0 aliphatic carbocycles.